The molecule has 2 amide bonds. The smallest absolute Gasteiger partial charge is 0.407 e. The van der Waals surface area contributed by atoms with Gasteiger partial charge in [0.1, 0.15) is 12.1 Å². The number of hydrogen-bond donors (Lipinski definition) is 2. The third kappa shape index (κ3) is 3.56. The number of carboxylic acid groups (broad SMARTS) is 1. The molecule has 2 bridgehead atoms. The molecule has 1 saturated carbocycles. The van der Waals surface area contributed by atoms with E-state index in [1.54, 1.807) is 13.8 Å². The van der Waals surface area contributed by atoms with E-state index in [0.29, 0.717) is 19.4 Å². The standard InChI is InChI=1S/C26H28N2O5/c1-25(2,13-22(29)28-14-16-11-26(28,12-16)23(30)31)27-24(32)33-15-21-19-9-5-3-7-17(19)18-8-4-6-10-20(18)21/h3-10,16,21H,11-15H2,1-2H3,(H,27,32)(H,30,31). The van der Waals surface area contributed by atoms with Crippen LogP contribution in [0.15, 0.2) is 48.5 Å². The van der Waals surface area contributed by atoms with Crippen LogP contribution in [0.25, 0.3) is 11.1 Å². The average Bonchev–Trinajstić information content (AvgIpc) is 3.40. The molecule has 7 heteroatoms. The molecule has 33 heavy (non-hydrogen) atoms. The Balaban J connectivity index is 1.21. The van der Waals surface area contributed by atoms with E-state index in [-0.39, 0.29) is 30.8 Å². The summed E-state index contributed by atoms with van der Waals surface area (Å²) in [6.07, 6.45) is 0.468. The molecule has 0 atom stereocenters. The van der Waals surface area contributed by atoms with E-state index in [2.05, 4.69) is 29.6 Å². The van der Waals surface area contributed by atoms with Gasteiger partial charge in [0, 0.05) is 24.4 Å². The summed E-state index contributed by atoms with van der Waals surface area (Å²) < 4.78 is 5.60. The molecule has 172 valence electrons. The second-order valence-corrected chi connectivity index (χ2v) is 10.1. The lowest BCUT2D eigenvalue weighted by Gasteiger charge is -2.39. The van der Waals surface area contributed by atoms with Gasteiger partial charge in [0.2, 0.25) is 5.91 Å². The molecule has 2 saturated heterocycles. The Kier molecular flexibility index (Phi) is 4.96. The van der Waals surface area contributed by atoms with Crippen LogP contribution in [0.1, 0.15) is 50.2 Å². The van der Waals surface area contributed by atoms with E-state index in [1.807, 2.05) is 24.3 Å². The van der Waals surface area contributed by atoms with Crippen molar-refractivity contribution in [1.82, 2.24) is 10.2 Å². The summed E-state index contributed by atoms with van der Waals surface area (Å²) in [5, 5.41) is 12.4. The van der Waals surface area contributed by atoms with Crippen molar-refractivity contribution in [2.75, 3.05) is 13.2 Å². The van der Waals surface area contributed by atoms with Crippen LogP contribution in [-0.4, -0.2) is 52.2 Å². The number of ether oxygens (including phenoxy) is 1. The molecular formula is C26H28N2O5. The zero-order chi connectivity index (χ0) is 23.4. The second kappa shape index (κ2) is 7.61. The molecule has 7 nitrogen and oxygen atoms in total. The lowest BCUT2D eigenvalue weighted by atomic mass is 9.73. The highest BCUT2D eigenvalue weighted by atomic mass is 16.5. The predicted octanol–water partition coefficient (Wildman–Crippen LogP) is 3.77. The first-order valence-electron chi connectivity index (χ1n) is 11.4. The van der Waals surface area contributed by atoms with E-state index in [4.69, 9.17) is 4.74 Å². The molecule has 2 aromatic rings. The number of rotatable bonds is 6. The van der Waals surface area contributed by atoms with Gasteiger partial charge in [-0.15, -0.1) is 0 Å². The van der Waals surface area contributed by atoms with Gasteiger partial charge in [-0.3, -0.25) is 4.79 Å². The Morgan fingerprint density at radius 3 is 2.21 bits per heavy atom. The van der Waals surface area contributed by atoms with E-state index >= 15 is 0 Å². The molecule has 4 aliphatic rings. The topological polar surface area (TPSA) is 95.9 Å². The number of alkyl carbamates (subject to hydrolysis) is 1. The zero-order valence-corrected chi connectivity index (χ0v) is 18.8. The molecule has 0 radical (unpaired) electrons. The van der Waals surface area contributed by atoms with Gasteiger partial charge in [-0.1, -0.05) is 48.5 Å². The molecule has 0 unspecified atom stereocenters. The Morgan fingerprint density at radius 2 is 1.64 bits per heavy atom. The summed E-state index contributed by atoms with van der Waals surface area (Å²) in [5.74, 6) is -0.962. The number of amides is 2. The van der Waals surface area contributed by atoms with Crippen LogP contribution in [0.3, 0.4) is 0 Å². The molecule has 2 aliphatic carbocycles. The number of benzene rings is 2. The van der Waals surface area contributed by atoms with Crippen LogP contribution < -0.4 is 5.32 Å². The van der Waals surface area contributed by atoms with Crippen LogP contribution >= 0.6 is 0 Å². The van der Waals surface area contributed by atoms with Crippen LogP contribution in [0.5, 0.6) is 0 Å². The van der Waals surface area contributed by atoms with Crippen LogP contribution in [0, 0.1) is 5.92 Å². The summed E-state index contributed by atoms with van der Waals surface area (Å²) in [6.45, 7) is 4.17. The summed E-state index contributed by atoms with van der Waals surface area (Å²) >= 11 is 0. The van der Waals surface area contributed by atoms with E-state index in [1.165, 1.54) is 4.90 Å². The fraction of sp³-hybridized carbons (Fsp3) is 0.423. The average molecular weight is 449 g/mol. The molecule has 3 fully saturated rings. The first-order chi connectivity index (χ1) is 15.7. The van der Waals surface area contributed by atoms with Crippen LogP contribution in [0.2, 0.25) is 0 Å². The Morgan fingerprint density at radius 1 is 1.06 bits per heavy atom. The van der Waals surface area contributed by atoms with Gasteiger partial charge >= 0.3 is 12.1 Å². The zero-order valence-electron chi connectivity index (χ0n) is 18.8. The van der Waals surface area contributed by atoms with Crippen molar-refractivity contribution >= 4 is 18.0 Å². The number of carboxylic acids is 1. The van der Waals surface area contributed by atoms with Gasteiger partial charge in [0.25, 0.3) is 0 Å². The van der Waals surface area contributed by atoms with Crippen molar-refractivity contribution in [2.45, 2.75) is 50.1 Å². The lowest BCUT2D eigenvalue weighted by Crippen LogP contribution is -2.56. The van der Waals surface area contributed by atoms with Gasteiger partial charge in [-0.25, -0.2) is 9.59 Å². The van der Waals surface area contributed by atoms with Crippen molar-refractivity contribution < 1.29 is 24.2 Å². The maximum atomic E-state index is 12.9. The summed E-state index contributed by atoms with van der Waals surface area (Å²) in [4.78, 5) is 38.7. The summed E-state index contributed by atoms with van der Waals surface area (Å²) in [5.41, 5.74) is 2.66. The molecule has 2 aliphatic heterocycles. The molecule has 0 aromatic heterocycles. The number of nitrogens with zero attached hydrogens (tertiary/aromatic N) is 1. The van der Waals surface area contributed by atoms with E-state index in [9.17, 15) is 19.5 Å². The normalized spacial score (nSPS) is 22.8. The maximum absolute atomic E-state index is 12.9. The highest BCUT2D eigenvalue weighted by Gasteiger charge is 2.62. The Hall–Kier alpha value is -3.35. The van der Waals surface area contributed by atoms with E-state index < -0.39 is 23.1 Å². The van der Waals surface area contributed by atoms with Crippen molar-refractivity contribution in [3.05, 3.63) is 59.7 Å². The van der Waals surface area contributed by atoms with Crippen LogP contribution in [0.4, 0.5) is 4.79 Å². The van der Waals surface area contributed by atoms with Crippen molar-refractivity contribution in [3.63, 3.8) is 0 Å². The van der Waals surface area contributed by atoms with Crippen molar-refractivity contribution in [3.8, 4) is 11.1 Å². The maximum Gasteiger partial charge on any atom is 0.407 e. The summed E-state index contributed by atoms with van der Waals surface area (Å²) in [7, 11) is 0. The fourth-order valence-corrected chi connectivity index (χ4v) is 5.74. The SMILES string of the molecule is CC(C)(CC(=O)N1CC2CC1(C(=O)O)C2)NC(=O)OCC1c2ccccc2-c2ccccc21. The number of hydrogen-bond acceptors (Lipinski definition) is 4. The minimum absolute atomic E-state index is 0.0128. The number of carbonyl (C=O) groups is 3. The monoisotopic (exact) mass is 448 g/mol. The molecule has 6 rings (SSSR count). The van der Waals surface area contributed by atoms with Gasteiger partial charge in [0.15, 0.2) is 0 Å². The highest BCUT2D eigenvalue weighted by Crippen LogP contribution is 2.51. The minimum Gasteiger partial charge on any atom is -0.479 e. The second-order valence-electron chi connectivity index (χ2n) is 10.1. The Labute approximate surface area is 192 Å². The predicted molar refractivity (Wildman–Crippen MR) is 122 cm³/mol. The first-order valence-corrected chi connectivity index (χ1v) is 11.4. The third-order valence-electron chi connectivity index (χ3n) is 7.29. The first kappa shape index (κ1) is 21.5. The number of carbonyl (C=O) groups excluding carboxylic acids is 2. The molecular weight excluding hydrogens is 420 g/mol. The van der Waals surface area contributed by atoms with Gasteiger partial charge < -0.3 is 20.1 Å². The lowest BCUT2D eigenvalue weighted by molar-refractivity contribution is -0.158. The van der Waals surface area contributed by atoms with Gasteiger partial charge in [-0.2, -0.15) is 0 Å². The number of nitrogens with one attached hydrogen (secondary N) is 1. The van der Waals surface area contributed by atoms with Crippen molar-refractivity contribution in [1.29, 1.82) is 0 Å². The van der Waals surface area contributed by atoms with E-state index in [0.717, 1.165) is 22.3 Å². The summed E-state index contributed by atoms with van der Waals surface area (Å²) in [6, 6.07) is 16.3. The third-order valence-corrected chi connectivity index (χ3v) is 7.29. The largest absolute Gasteiger partial charge is 0.479 e. The molecule has 2 heterocycles. The number of fused-ring (bicyclic) bond motifs is 4. The van der Waals surface area contributed by atoms with Crippen LogP contribution in [-0.2, 0) is 14.3 Å². The molecule has 2 N–H and O–H groups in total. The molecule has 2 aromatic carbocycles. The van der Waals surface area contributed by atoms with Gasteiger partial charge in [-0.05, 0) is 54.9 Å². The van der Waals surface area contributed by atoms with Crippen molar-refractivity contribution in [2.24, 2.45) is 5.92 Å². The molecule has 0 spiro atoms. The highest BCUT2D eigenvalue weighted by molar-refractivity contribution is 5.90. The fourth-order valence-electron chi connectivity index (χ4n) is 5.74. The Bertz CT molecular complexity index is 1090. The number of aliphatic carboxylic acids is 1. The minimum atomic E-state index is -1.05. The quantitative estimate of drug-likeness (QED) is 0.701. The van der Waals surface area contributed by atoms with Gasteiger partial charge in [0.05, 0.1) is 0 Å².